The number of carboxylic acid groups (broad SMARTS) is 2. The third kappa shape index (κ3) is 7.62. The fraction of sp³-hybridized carbons (Fsp3) is 0.381. The van der Waals surface area contributed by atoms with E-state index in [2.05, 4.69) is 58.3 Å². The van der Waals surface area contributed by atoms with Gasteiger partial charge in [-0.1, -0.05) is 30.3 Å². The summed E-state index contributed by atoms with van der Waals surface area (Å²) in [5, 5.41) is 32.7. The van der Waals surface area contributed by atoms with Crippen molar-refractivity contribution in [3.63, 3.8) is 0 Å². The molecule has 3 aromatic heterocycles. The molecular formula is C42H48N6O6. The zero-order chi connectivity index (χ0) is 38.4. The molecule has 3 fully saturated rings. The van der Waals surface area contributed by atoms with E-state index in [1.54, 1.807) is 18.6 Å². The Morgan fingerprint density at radius 3 is 1.78 bits per heavy atom. The number of benzene rings is 3. The van der Waals surface area contributed by atoms with Gasteiger partial charge in [-0.05, 0) is 123 Å². The Morgan fingerprint density at radius 1 is 0.722 bits per heavy atom. The van der Waals surface area contributed by atoms with E-state index < -0.39 is 28.9 Å². The number of non-ortho nitro benzene ring substituents is 1. The smallest absolute Gasteiger partial charge is 0.320 e. The fourth-order valence-corrected chi connectivity index (χ4v) is 7.80. The number of hydrogen-bond acceptors (Lipinski definition) is 6. The van der Waals surface area contributed by atoms with Crippen LogP contribution in [0.1, 0.15) is 101 Å². The van der Waals surface area contributed by atoms with E-state index in [4.69, 9.17) is 21.7 Å². The van der Waals surface area contributed by atoms with Crippen molar-refractivity contribution in [3.05, 3.63) is 110 Å². The van der Waals surface area contributed by atoms with Crippen LogP contribution in [0.4, 0.5) is 5.69 Å². The van der Waals surface area contributed by atoms with Gasteiger partial charge in [-0.15, -0.1) is 0 Å². The van der Waals surface area contributed by atoms with Crippen molar-refractivity contribution in [1.29, 1.82) is 0 Å². The number of nitro groups is 1. The first-order chi connectivity index (χ1) is 25.8. The number of nitrogens with zero attached hydrogens (tertiary/aromatic N) is 1. The molecule has 0 amide bonds. The summed E-state index contributed by atoms with van der Waals surface area (Å²) in [5.41, 5.74) is 23.0. The van der Waals surface area contributed by atoms with Crippen LogP contribution in [-0.2, 0) is 22.4 Å². The predicted octanol–water partition coefficient (Wildman–Crippen LogP) is 7.88. The molecule has 54 heavy (non-hydrogen) atoms. The van der Waals surface area contributed by atoms with E-state index >= 15 is 0 Å². The summed E-state index contributed by atoms with van der Waals surface area (Å²) in [7, 11) is 0. The summed E-state index contributed by atoms with van der Waals surface area (Å²) < 4.78 is 0. The third-order valence-electron chi connectivity index (χ3n) is 11.0. The van der Waals surface area contributed by atoms with Gasteiger partial charge in [0.25, 0.3) is 5.69 Å². The maximum Gasteiger partial charge on any atom is 0.320 e. The minimum Gasteiger partial charge on any atom is -0.480 e. The Bertz CT molecular complexity index is 2390. The van der Waals surface area contributed by atoms with Gasteiger partial charge in [-0.25, -0.2) is 0 Å². The molecular weight excluding hydrogens is 684 g/mol. The molecule has 2 atom stereocenters. The summed E-state index contributed by atoms with van der Waals surface area (Å²) in [4.78, 5) is 42.6. The first-order valence-electron chi connectivity index (χ1n) is 18.8. The number of aromatic nitrogens is 3. The van der Waals surface area contributed by atoms with Crippen molar-refractivity contribution < 1.29 is 24.7 Å². The van der Waals surface area contributed by atoms with Crippen LogP contribution in [0.15, 0.2) is 54.6 Å². The van der Waals surface area contributed by atoms with Crippen molar-refractivity contribution in [3.8, 4) is 0 Å². The lowest BCUT2D eigenvalue weighted by molar-refractivity contribution is -0.383. The van der Waals surface area contributed by atoms with Gasteiger partial charge in [0.1, 0.15) is 17.6 Å². The highest BCUT2D eigenvalue weighted by atomic mass is 16.6. The number of carbonyl (C=O) groups is 2. The lowest BCUT2D eigenvalue weighted by atomic mass is 9.96. The normalized spacial score (nSPS) is 16.4. The Morgan fingerprint density at radius 2 is 1.22 bits per heavy atom. The molecule has 12 heteroatoms. The van der Waals surface area contributed by atoms with Gasteiger partial charge in [-0.3, -0.25) is 19.7 Å². The molecule has 9 N–H and O–H groups in total. The largest absolute Gasteiger partial charge is 0.480 e. The molecule has 0 radical (unpaired) electrons. The molecule has 3 heterocycles. The molecule has 3 aliphatic carbocycles. The number of nitro benzene ring substituents is 1. The highest BCUT2D eigenvalue weighted by molar-refractivity contribution is 5.95. The second-order valence-electron chi connectivity index (χ2n) is 15.3. The average Bonchev–Trinajstić information content (AvgIpc) is 4.02. The van der Waals surface area contributed by atoms with E-state index in [-0.39, 0.29) is 12.1 Å². The Kier molecular flexibility index (Phi) is 10.1. The summed E-state index contributed by atoms with van der Waals surface area (Å²) >= 11 is 0. The number of nitrogens with two attached hydrogens (primary N) is 2. The molecule has 0 saturated heterocycles. The van der Waals surface area contributed by atoms with Crippen molar-refractivity contribution in [1.82, 2.24) is 15.0 Å². The highest BCUT2D eigenvalue weighted by Gasteiger charge is 2.31. The van der Waals surface area contributed by atoms with Crippen LogP contribution in [0.3, 0.4) is 0 Å². The minimum absolute atomic E-state index is 0.0117. The van der Waals surface area contributed by atoms with E-state index in [0.29, 0.717) is 23.8 Å². The van der Waals surface area contributed by atoms with Crippen LogP contribution in [0.2, 0.25) is 0 Å². The third-order valence-corrected chi connectivity index (χ3v) is 11.0. The van der Waals surface area contributed by atoms with Gasteiger partial charge in [0.15, 0.2) is 0 Å². The lowest BCUT2D eigenvalue weighted by Crippen LogP contribution is -2.32. The Labute approximate surface area is 312 Å². The standard InChI is InChI=1S/C15H17N3O4.C15H18N2O2.C12H13N/c1-7-10(6-11(16)15(19)20)13-9(8-2-3-8)4-5-12(18(21)22)14(13)17-7;1-8-11(7-12(16)15(18)19)14-10(9-5-6-9)3-2-4-13(14)17-8;1-8-7-11-10(9-5-6-9)3-2-4-12(11)13-8/h4-5,8,11,17H,2-3,6,16H2,1H3,(H,19,20);2-4,9,12,17H,5-7,16H2,1H3,(H,18,19);2-4,7,9,13H,5-6H2,1H3. The SMILES string of the molecule is Cc1[nH]c2c([N+](=O)[O-])ccc(C3CC3)c2c1CC(N)C(=O)O.Cc1[nH]c2cccc(C3CC3)c2c1CC(N)C(=O)O.Cc1cc2c(C3CC3)cccc2[nH]1. The molecule has 0 spiro atoms. The van der Waals surface area contributed by atoms with Gasteiger partial charge in [0.05, 0.1) is 4.92 Å². The van der Waals surface area contributed by atoms with Crippen molar-refractivity contribution >= 4 is 50.3 Å². The van der Waals surface area contributed by atoms with Gasteiger partial charge < -0.3 is 36.6 Å². The zero-order valence-corrected chi connectivity index (χ0v) is 30.9. The number of H-pyrrole nitrogens is 3. The van der Waals surface area contributed by atoms with Crippen molar-refractivity contribution in [2.75, 3.05) is 0 Å². The van der Waals surface area contributed by atoms with E-state index in [1.165, 1.54) is 59.3 Å². The number of carboxylic acids is 2. The predicted molar refractivity (Wildman–Crippen MR) is 210 cm³/mol. The Balaban J connectivity index is 0.000000129. The molecule has 2 unspecified atom stereocenters. The van der Waals surface area contributed by atoms with Gasteiger partial charge in [0.2, 0.25) is 0 Å². The molecule has 3 saturated carbocycles. The van der Waals surface area contributed by atoms with Crippen LogP contribution in [0, 0.1) is 30.9 Å². The number of fused-ring (bicyclic) bond motifs is 3. The van der Waals surface area contributed by atoms with Gasteiger partial charge in [-0.2, -0.15) is 0 Å². The highest BCUT2D eigenvalue weighted by Crippen LogP contribution is 2.47. The number of aliphatic carboxylic acids is 2. The maximum atomic E-state index is 11.2. The zero-order valence-electron chi connectivity index (χ0n) is 30.9. The summed E-state index contributed by atoms with van der Waals surface area (Å²) in [5.74, 6) is -0.138. The monoisotopic (exact) mass is 732 g/mol. The maximum absolute atomic E-state index is 11.2. The average molecular weight is 733 g/mol. The second-order valence-corrected chi connectivity index (χ2v) is 15.3. The number of hydrogen-bond donors (Lipinski definition) is 7. The van der Waals surface area contributed by atoms with Crippen molar-refractivity contribution in [2.45, 2.75) is 102 Å². The second kappa shape index (κ2) is 14.8. The van der Waals surface area contributed by atoms with Gasteiger partial charge in [0, 0.05) is 63.2 Å². The number of rotatable bonds is 10. The Hall–Kier alpha value is -5.46. The first kappa shape index (κ1) is 36.9. The van der Waals surface area contributed by atoms with Crippen LogP contribution < -0.4 is 11.5 Å². The fourth-order valence-electron chi connectivity index (χ4n) is 7.80. The van der Waals surface area contributed by atoms with E-state index in [1.807, 2.05) is 13.0 Å². The quantitative estimate of drug-likeness (QED) is 0.0541. The molecule has 9 rings (SSSR count). The van der Waals surface area contributed by atoms with E-state index in [0.717, 1.165) is 57.7 Å². The van der Waals surface area contributed by atoms with E-state index in [9.17, 15) is 19.7 Å². The molecule has 3 aromatic carbocycles. The number of aromatic amines is 3. The molecule has 0 bridgehead atoms. The molecule has 12 nitrogen and oxygen atoms in total. The van der Waals surface area contributed by atoms with Crippen LogP contribution >= 0.6 is 0 Å². The number of nitrogens with one attached hydrogen (secondary N) is 3. The lowest BCUT2D eigenvalue weighted by Gasteiger charge is -2.09. The summed E-state index contributed by atoms with van der Waals surface area (Å²) in [6.45, 7) is 5.90. The molecule has 282 valence electrons. The summed E-state index contributed by atoms with van der Waals surface area (Å²) in [6.07, 6.45) is 7.87. The number of aryl methyl sites for hydroxylation is 3. The topological polar surface area (TPSA) is 217 Å². The minimum atomic E-state index is -1.08. The van der Waals surface area contributed by atoms with Crippen LogP contribution in [0.5, 0.6) is 0 Å². The molecule has 3 aliphatic rings. The van der Waals surface area contributed by atoms with Crippen molar-refractivity contribution in [2.24, 2.45) is 11.5 Å². The van der Waals surface area contributed by atoms with Crippen LogP contribution in [0.25, 0.3) is 32.7 Å². The summed E-state index contributed by atoms with van der Waals surface area (Å²) in [6, 6.07) is 16.6. The molecule has 6 aromatic rings. The van der Waals surface area contributed by atoms with Gasteiger partial charge >= 0.3 is 11.9 Å². The molecule has 0 aliphatic heterocycles. The van der Waals surface area contributed by atoms with Crippen LogP contribution in [-0.4, -0.2) is 54.1 Å². The first-order valence-corrected chi connectivity index (χ1v) is 18.8.